The van der Waals surface area contributed by atoms with E-state index in [0.29, 0.717) is 32.3 Å². The molecule has 0 bridgehead atoms. The number of amides is 1. The Morgan fingerprint density at radius 2 is 0.864 bits per heavy atom. The van der Waals surface area contributed by atoms with Crippen LogP contribution >= 0.6 is 0 Å². The van der Waals surface area contributed by atoms with Crippen LogP contribution in [-0.2, 0) is 14.3 Å². The molecule has 0 aliphatic carbocycles. The van der Waals surface area contributed by atoms with Crippen molar-refractivity contribution in [3.05, 3.63) is 36.5 Å². The van der Waals surface area contributed by atoms with Crippen LogP contribution < -0.4 is 5.32 Å². The van der Waals surface area contributed by atoms with Crippen LogP contribution in [0.15, 0.2) is 36.5 Å². The first kappa shape index (κ1) is 57.1. The van der Waals surface area contributed by atoms with Crippen molar-refractivity contribution in [1.82, 2.24) is 5.32 Å². The summed E-state index contributed by atoms with van der Waals surface area (Å²) in [4.78, 5) is 24.4. The topological polar surface area (TPSA) is 95.9 Å². The van der Waals surface area contributed by atoms with Crippen molar-refractivity contribution in [3.8, 4) is 0 Å². The third kappa shape index (κ3) is 45.4. The normalized spacial score (nSPS) is 12.9. The lowest BCUT2D eigenvalue weighted by molar-refractivity contribution is -0.143. The number of hydrogen-bond acceptors (Lipinski definition) is 5. The van der Waals surface area contributed by atoms with Gasteiger partial charge in [-0.25, -0.2) is 0 Å². The van der Waals surface area contributed by atoms with Crippen molar-refractivity contribution in [2.45, 2.75) is 276 Å². The predicted molar refractivity (Wildman–Crippen MR) is 255 cm³/mol. The van der Waals surface area contributed by atoms with E-state index in [1.54, 1.807) is 0 Å². The lowest BCUT2D eigenvalue weighted by Crippen LogP contribution is -2.45. The van der Waals surface area contributed by atoms with Crippen LogP contribution in [0.1, 0.15) is 264 Å². The van der Waals surface area contributed by atoms with Gasteiger partial charge in [0.15, 0.2) is 0 Å². The Morgan fingerprint density at radius 3 is 1.34 bits per heavy atom. The van der Waals surface area contributed by atoms with Crippen LogP contribution in [0.2, 0.25) is 0 Å². The second-order valence-corrected chi connectivity index (χ2v) is 17.5. The SMILES string of the molecule is CCCCCCCC/C=C\CCCCCCCC(=O)OCCCCCCCC/C=C\C/C=C\CCC(=O)NC(CO)C(O)CCCCCCCCCCCCCCCC. The molecule has 0 spiro atoms. The van der Waals surface area contributed by atoms with E-state index < -0.39 is 12.1 Å². The lowest BCUT2D eigenvalue weighted by atomic mass is 10.0. The minimum Gasteiger partial charge on any atom is -0.466 e. The summed E-state index contributed by atoms with van der Waals surface area (Å²) in [6.45, 7) is 4.87. The van der Waals surface area contributed by atoms with Crippen LogP contribution in [-0.4, -0.2) is 47.4 Å². The summed E-state index contributed by atoms with van der Waals surface area (Å²) in [5, 5.41) is 23.1. The largest absolute Gasteiger partial charge is 0.466 e. The van der Waals surface area contributed by atoms with Gasteiger partial charge in [0.2, 0.25) is 5.91 Å². The van der Waals surface area contributed by atoms with Crippen molar-refractivity contribution in [1.29, 1.82) is 0 Å². The molecule has 0 rings (SSSR count). The van der Waals surface area contributed by atoms with E-state index in [1.807, 2.05) is 6.08 Å². The second kappa shape index (κ2) is 48.7. The molecule has 0 saturated carbocycles. The van der Waals surface area contributed by atoms with Gasteiger partial charge in [0.25, 0.3) is 0 Å². The van der Waals surface area contributed by atoms with Gasteiger partial charge in [0.05, 0.1) is 25.4 Å². The van der Waals surface area contributed by atoms with Crippen LogP contribution in [0.5, 0.6) is 0 Å². The fourth-order valence-corrected chi connectivity index (χ4v) is 7.68. The van der Waals surface area contributed by atoms with Crippen LogP contribution in [0.3, 0.4) is 0 Å². The summed E-state index contributed by atoms with van der Waals surface area (Å²) >= 11 is 0. The maximum Gasteiger partial charge on any atom is 0.305 e. The number of hydrogen-bond donors (Lipinski definition) is 3. The first-order chi connectivity index (χ1) is 29.0. The molecule has 0 heterocycles. The smallest absolute Gasteiger partial charge is 0.305 e. The Hall–Kier alpha value is -1.92. The monoisotopic (exact) mass is 830 g/mol. The van der Waals surface area contributed by atoms with Gasteiger partial charge in [-0.05, 0) is 70.6 Å². The Bertz CT molecular complexity index is 962. The maximum absolute atomic E-state index is 12.4. The van der Waals surface area contributed by atoms with Crippen LogP contribution in [0.4, 0.5) is 0 Å². The average Bonchev–Trinajstić information content (AvgIpc) is 3.24. The molecule has 59 heavy (non-hydrogen) atoms. The first-order valence-electron chi connectivity index (χ1n) is 25.7. The van der Waals surface area contributed by atoms with E-state index in [0.717, 1.165) is 51.4 Å². The van der Waals surface area contributed by atoms with Crippen molar-refractivity contribution in [3.63, 3.8) is 0 Å². The summed E-state index contributed by atoms with van der Waals surface area (Å²) in [7, 11) is 0. The number of allylic oxidation sites excluding steroid dienone is 6. The summed E-state index contributed by atoms with van der Waals surface area (Å²) in [6.07, 6.45) is 58.4. The average molecular weight is 830 g/mol. The third-order valence-electron chi connectivity index (χ3n) is 11.7. The number of rotatable bonds is 47. The molecule has 0 aliphatic rings. The zero-order chi connectivity index (χ0) is 43.0. The molecule has 6 heteroatoms. The summed E-state index contributed by atoms with van der Waals surface area (Å²) < 4.78 is 5.45. The third-order valence-corrected chi connectivity index (χ3v) is 11.7. The fraction of sp³-hybridized carbons (Fsp3) is 0.849. The zero-order valence-electron chi connectivity index (χ0n) is 39.2. The van der Waals surface area contributed by atoms with E-state index in [4.69, 9.17) is 4.74 Å². The molecule has 0 radical (unpaired) electrons. The van der Waals surface area contributed by atoms with E-state index in [1.165, 1.54) is 173 Å². The number of carbonyl (C=O) groups is 2. The van der Waals surface area contributed by atoms with Crippen LogP contribution in [0.25, 0.3) is 0 Å². The van der Waals surface area contributed by atoms with Crippen LogP contribution in [0, 0.1) is 0 Å². The van der Waals surface area contributed by atoms with Crippen molar-refractivity contribution in [2.24, 2.45) is 0 Å². The molecule has 346 valence electrons. The summed E-state index contributed by atoms with van der Waals surface area (Å²) in [5.74, 6) is -0.142. The molecule has 0 aromatic heterocycles. The van der Waals surface area contributed by atoms with E-state index in [9.17, 15) is 19.8 Å². The predicted octanol–water partition coefficient (Wildman–Crippen LogP) is 15.3. The molecule has 2 atom stereocenters. The van der Waals surface area contributed by atoms with Gasteiger partial charge < -0.3 is 20.3 Å². The number of nitrogens with one attached hydrogen (secondary N) is 1. The van der Waals surface area contributed by atoms with E-state index in [-0.39, 0.29) is 18.5 Å². The Balaban J connectivity index is 3.56. The number of carbonyl (C=O) groups excluding carboxylic acids is 2. The number of aliphatic hydroxyl groups excluding tert-OH is 2. The summed E-state index contributed by atoms with van der Waals surface area (Å²) in [5.41, 5.74) is 0. The van der Waals surface area contributed by atoms with Gasteiger partial charge in [-0.1, -0.05) is 217 Å². The molecule has 2 unspecified atom stereocenters. The van der Waals surface area contributed by atoms with Gasteiger partial charge >= 0.3 is 5.97 Å². The highest BCUT2D eigenvalue weighted by molar-refractivity contribution is 5.76. The molecule has 0 aliphatic heterocycles. The number of ether oxygens (including phenoxy) is 1. The standard InChI is InChI=1S/C53H99NO5/c1-3-5-7-9-11-13-15-17-19-23-27-31-35-39-43-47-53(58)59-48-44-40-36-32-28-24-20-22-26-30-34-38-42-46-52(57)54-50(49-55)51(56)45-41-37-33-29-25-21-18-16-14-12-10-8-6-4-2/h17,19,22,26,34,38,50-51,55-56H,3-16,18,20-21,23-25,27-33,35-37,39-49H2,1-2H3,(H,54,57)/b19-17-,26-22-,38-34-. The lowest BCUT2D eigenvalue weighted by Gasteiger charge is -2.22. The summed E-state index contributed by atoms with van der Waals surface area (Å²) in [6, 6.07) is -0.585. The number of esters is 1. The molecule has 6 nitrogen and oxygen atoms in total. The minimum atomic E-state index is -0.699. The molecule has 0 aromatic carbocycles. The number of aliphatic hydroxyl groups is 2. The zero-order valence-corrected chi connectivity index (χ0v) is 39.2. The molecule has 0 aromatic rings. The van der Waals surface area contributed by atoms with Crippen molar-refractivity contribution < 1.29 is 24.5 Å². The molecular formula is C53H99NO5. The highest BCUT2D eigenvalue weighted by Gasteiger charge is 2.19. The Morgan fingerprint density at radius 1 is 0.475 bits per heavy atom. The molecule has 3 N–H and O–H groups in total. The highest BCUT2D eigenvalue weighted by atomic mass is 16.5. The van der Waals surface area contributed by atoms with E-state index in [2.05, 4.69) is 49.5 Å². The van der Waals surface area contributed by atoms with Crippen molar-refractivity contribution >= 4 is 11.9 Å². The molecule has 0 fully saturated rings. The highest BCUT2D eigenvalue weighted by Crippen LogP contribution is 2.15. The first-order valence-corrected chi connectivity index (χ1v) is 25.7. The fourth-order valence-electron chi connectivity index (χ4n) is 7.68. The van der Waals surface area contributed by atoms with Gasteiger partial charge in [-0.3, -0.25) is 9.59 Å². The minimum absolute atomic E-state index is 0.0254. The molecule has 0 saturated heterocycles. The van der Waals surface area contributed by atoms with Gasteiger partial charge in [-0.15, -0.1) is 0 Å². The maximum atomic E-state index is 12.4. The Labute approximate surface area is 366 Å². The second-order valence-electron chi connectivity index (χ2n) is 17.5. The number of unbranched alkanes of at least 4 members (excludes halogenated alkanes) is 30. The van der Waals surface area contributed by atoms with Gasteiger partial charge in [0.1, 0.15) is 0 Å². The van der Waals surface area contributed by atoms with Gasteiger partial charge in [0, 0.05) is 12.8 Å². The van der Waals surface area contributed by atoms with Crippen molar-refractivity contribution in [2.75, 3.05) is 13.2 Å². The van der Waals surface area contributed by atoms with Gasteiger partial charge in [-0.2, -0.15) is 0 Å². The molecular weight excluding hydrogens is 731 g/mol. The molecule has 1 amide bonds. The quantitative estimate of drug-likeness (QED) is 0.0323. The Kier molecular flexibility index (Phi) is 47.2. The van der Waals surface area contributed by atoms with E-state index >= 15 is 0 Å².